The van der Waals surface area contributed by atoms with Crippen LogP contribution in [0.1, 0.15) is 34.1 Å². The lowest BCUT2D eigenvalue weighted by atomic mass is 10.5. The van der Waals surface area contributed by atoms with Crippen molar-refractivity contribution in [3.63, 3.8) is 0 Å². The van der Waals surface area contributed by atoms with Gasteiger partial charge in [-0.1, -0.05) is 6.92 Å². The molecule has 0 saturated carbocycles. The van der Waals surface area contributed by atoms with Crippen LogP contribution in [0.2, 0.25) is 0 Å². The zero-order valence-corrected chi connectivity index (χ0v) is 8.25. The van der Waals surface area contributed by atoms with Crippen molar-refractivity contribution in [3.05, 3.63) is 0 Å². The molecule has 0 aliphatic rings. The third-order valence-electron chi connectivity index (χ3n) is 0.289. The largest absolute Gasteiger partial charge is 0.550 e. The molecule has 0 N–H and O–H groups in total. The van der Waals surface area contributed by atoms with Gasteiger partial charge in [0.2, 0.25) is 0 Å². The third kappa shape index (κ3) is 2110. The lowest BCUT2D eigenvalue weighted by Gasteiger charge is -1.87. The Kier molecular flexibility index (Phi) is 17.9. The van der Waals surface area contributed by atoms with Gasteiger partial charge < -0.3 is 24.6 Å². The van der Waals surface area contributed by atoms with Gasteiger partial charge in [-0.2, -0.15) is 0 Å². The molecule has 0 heterocycles. The number of carboxylic acid groups (broad SMARTS) is 2. The Morgan fingerprint density at radius 1 is 1.00 bits per heavy atom. The lowest BCUT2D eigenvalue weighted by molar-refractivity contribution is -0.305. The molecule has 0 amide bonds. The molecule has 78 valence electrons. The van der Waals surface area contributed by atoms with E-state index in [9.17, 15) is 14.7 Å². The summed E-state index contributed by atoms with van der Waals surface area (Å²) in [5.74, 6) is -1.91. The molecule has 0 fully saturated rings. The van der Waals surface area contributed by atoms with E-state index in [1.807, 2.05) is 0 Å². The Labute approximate surface area is 77.4 Å². The van der Waals surface area contributed by atoms with Crippen molar-refractivity contribution in [2.45, 2.75) is 34.1 Å². The van der Waals surface area contributed by atoms with Gasteiger partial charge in [0.15, 0.2) is 0 Å². The molecule has 0 bridgehead atoms. The fourth-order valence-electron chi connectivity index (χ4n) is 0. The van der Waals surface area contributed by atoms with Gasteiger partial charge in [-0.05, 0) is 27.2 Å². The maximum Gasteiger partial charge on any atom is 0.126 e. The summed E-state index contributed by atoms with van der Waals surface area (Å²) in [7, 11) is 0. The van der Waals surface area contributed by atoms with E-state index in [0.717, 1.165) is 6.92 Å². The van der Waals surface area contributed by atoms with E-state index < -0.39 is 11.9 Å². The molecule has 0 aromatic carbocycles. The minimum atomic E-state index is -1.08. The average Bonchev–Trinajstić information content (AvgIpc) is 1.84. The van der Waals surface area contributed by atoms with E-state index >= 15 is 0 Å². The van der Waals surface area contributed by atoms with Crippen molar-refractivity contribution in [1.29, 1.82) is 0 Å². The minimum Gasteiger partial charge on any atom is -0.550 e. The van der Waals surface area contributed by atoms with E-state index in [4.69, 9.17) is 9.90 Å². The predicted octanol–water partition coefficient (Wildman–Crippen LogP) is -1.50. The highest BCUT2D eigenvalue weighted by molar-refractivity contribution is 5.72. The number of carbonyl (C=O) groups is 3. The summed E-state index contributed by atoms with van der Waals surface area (Å²) in [5, 5.41) is 18.1. The van der Waals surface area contributed by atoms with Crippen LogP contribution in [0.4, 0.5) is 0 Å². The second kappa shape index (κ2) is 13.2. The van der Waals surface area contributed by atoms with Crippen molar-refractivity contribution in [1.82, 2.24) is 0 Å². The maximum atomic E-state index is 9.44. The van der Waals surface area contributed by atoms with Gasteiger partial charge in [0, 0.05) is 11.9 Å². The molecule has 0 aromatic heterocycles. The first-order valence-corrected chi connectivity index (χ1v) is 3.58. The monoisotopic (exact) mass is 190 g/mol. The van der Waals surface area contributed by atoms with Gasteiger partial charge in [0.1, 0.15) is 5.78 Å². The second-order valence-corrected chi connectivity index (χ2v) is 2.13. The topological polar surface area (TPSA) is 97.3 Å². The van der Waals surface area contributed by atoms with Crippen LogP contribution < -0.4 is 10.2 Å². The molecule has 5 nitrogen and oxygen atoms in total. The van der Waals surface area contributed by atoms with E-state index in [0.29, 0.717) is 0 Å². The molecule has 0 aliphatic carbocycles. The normalized spacial score (nSPS) is 6.77. The van der Waals surface area contributed by atoms with Crippen LogP contribution >= 0.6 is 0 Å². The fraction of sp³-hybridized carbons (Fsp3) is 0.625. The quantitative estimate of drug-likeness (QED) is 0.501. The molecule has 0 aliphatic heterocycles. The average molecular weight is 190 g/mol. The zero-order chi connectivity index (χ0) is 11.4. The van der Waals surface area contributed by atoms with Gasteiger partial charge in [-0.3, -0.25) is 0 Å². The van der Waals surface area contributed by atoms with E-state index in [1.165, 1.54) is 20.8 Å². The molecule has 0 aromatic rings. The second-order valence-electron chi connectivity index (χ2n) is 2.13. The number of rotatable bonds is 1. The molecule has 0 rings (SSSR count). The molecule has 0 spiro atoms. The van der Waals surface area contributed by atoms with Crippen molar-refractivity contribution in [2.24, 2.45) is 0 Å². The summed E-state index contributed by atoms with van der Waals surface area (Å²) >= 11 is 0. The molecule has 5 heteroatoms. The van der Waals surface area contributed by atoms with Gasteiger partial charge >= 0.3 is 0 Å². The number of hydrogen-bond donors (Lipinski definition) is 0. The smallest absolute Gasteiger partial charge is 0.126 e. The Morgan fingerprint density at radius 2 is 1.08 bits per heavy atom. The van der Waals surface area contributed by atoms with Crippen molar-refractivity contribution >= 4 is 17.7 Å². The molecule has 0 atom stereocenters. The van der Waals surface area contributed by atoms with Gasteiger partial charge in [0.05, 0.1) is 0 Å². The first kappa shape index (κ1) is 17.6. The van der Waals surface area contributed by atoms with Gasteiger partial charge in [0.25, 0.3) is 0 Å². The SMILES string of the molecule is CC(=O)[O-].CC(C)=O.CCC(=O)[O-]. The van der Waals surface area contributed by atoms with Crippen molar-refractivity contribution in [2.75, 3.05) is 0 Å². The summed E-state index contributed by atoms with van der Waals surface area (Å²) in [5.41, 5.74) is 0. The summed E-state index contributed by atoms with van der Waals surface area (Å²) in [4.78, 5) is 27.6. The van der Waals surface area contributed by atoms with Crippen LogP contribution in [0, 0.1) is 0 Å². The van der Waals surface area contributed by atoms with Crippen LogP contribution in [-0.2, 0) is 14.4 Å². The standard InChI is InChI=1S/C3H6O2.C3H6O.C2H4O2/c1-2-3(4)5;1-3(2)4;1-2(3)4/h2H2,1H3,(H,4,5);1-2H3;1H3,(H,3,4)/p-2. The van der Waals surface area contributed by atoms with E-state index in [1.54, 1.807) is 0 Å². The molecule has 0 radical (unpaired) electrons. The first-order valence-electron chi connectivity index (χ1n) is 3.58. The summed E-state index contributed by atoms with van der Waals surface area (Å²) in [6.07, 6.45) is 0.111. The van der Waals surface area contributed by atoms with Crippen molar-refractivity contribution in [3.8, 4) is 0 Å². The van der Waals surface area contributed by atoms with Crippen LogP contribution in [0.3, 0.4) is 0 Å². The Morgan fingerprint density at radius 3 is 1.08 bits per heavy atom. The number of ketones is 1. The zero-order valence-electron chi connectivity index (χ0n) is 8.25. The first-order chi connectivity index (χ1) is 5.73. The van der Waals surface area contributed by atoms with Gasteiger partial charge in [-0.25, -0.2) is 0 Å². The van der Waals surface area contributed by atoms with Crippen LogP contribution in [0.25, 0.3) is 0 Å². The summed E-state index contributed by atoms with van der Waals surface area (Å²) < 4.78 is 0. The van der Waals surface area contributed by atoms with E-state index in [-0.39, 0.29) is 12.2 Å². The fourth-order valence-corrected chi connectivity index (χ4v) is 0. The number of hydrogen-bond acceptors (Lipinski definition) is 5. The Bertz CT molecular complexity index is 142. The third-order valence-corrected chi connectivity index (χ3v) is 0.289. The highest BCUT2D eigenvalue weighted by Gasteiger charge is 1.65. The Balaban J connectivity index is -0.000000117. The molecule has 0 saturated heterocycles. The predicted molar refractivity (Wildman–Crippen MR) is 42.3 cm³/mol. The summed E-state index contributed by atoms with van der Waals surface area (Å²) in [6.45, 7) is 5.56. The minimum absolute atomic E-state index is 0.111. The Hall–Kier alpha value is -1.39. The number of Topliss-reactive ketones (excluding diaryl/α,β-unsaturated/α-hetero) is 1. The summed E-state index contributed by atoms with van der Waals surface area (Å²) in [6, 6.07) is 0. The van der Waals surface area contributed by atoms with Crippen molar-refractivity contribution < 1.29 is 24.6 Å². The van der Waals surface area contributed by atoms with Crippen LogP contribution in [-0.4, -0.2) is 17.7 Å². The molecular formula is C8H14O5-2. The molecule has 13 heavy (non-hydrogen) atoms. The highest BCUT2D eigenvalue weighted by Crippen LogP contribution is 1.61. The number of carboxylic acids is 2. The van der Waals surface area contributed by atoms with Crippen LogP contribution in [0.15, 0.2) is 0 Å². The number of carbonyl (C=O) groups excluding carboxylic acids is 3. The van der Waals surface area contributed by atoms with E-state index in [2.05, 4.69) is 0 Å². The number of aliphatic carboxylic acids is 2. The molecule has 0 unspecified atom stereocenters. The lowest BCUT2D eigenvalue weighted by Crippen LogP contribution is -2.19. The van der Waals surface area contributed by atoms with Crippen LogP contribution in [0.5, 0.6) is 0 Å². The molecular weight excluding hydrogens is 176 g/mol. The maximum absolute atomic E-state index is 9.44. The van der Waals surface area contributed by atoms with Gasteiger partial charge in [-0.15, -0.1) is 0 Å². The highest BCUT2D eigenvalue weighted by atomic mass is 16.4.